The van der Waals surface area contributed by atoms with Crippen LogP contribution in [0.2, 0.25) is 5.02 Å². The summed E-state index contributed by atoms with van der Waals surface area (Å²) in [7, 11) is 0. The molecule has 1 atom stereocenters. The second-order valence-electron chi connectivity index (χ2n) is 7.13. The maximum Gasteiger partial charge on any atom is 0.260 e. The Morgan fingerprint density at radius 1 is 1.43 bits per heavy atom. The van der Waals surface area contributed by atoms with E-state index in [9.17, 15) is 9.59 Å². The first kappa shape index (κ1) is 20.9. The number of hydrogen-bond acceptors (Lipinski definition) is 4. The number of H-pyrrole nitrogens is 1. The molecule has 1 amide bonds. The summed E-state index contributed by atoms with van der Waals surface area (Å²) in [5, 5.41) is 3.93. The molecule has 0 bridgehead atoms. The average Bonchev–Trinajstić information content (AvgIpc) is 2.68. The van der Waals surface area contributed by atoms with Crippen LogP contribution < -0.4 is 15.8 Å². The minimum absolute atomic E-state index is 0.0769. The number of unbranched alkanes of at least 4 members (excludes halogenated alkanes) is 1. The molecule has 0 aliphatic carbocycles. The van der Waals surface area contributed by atoms with Crippen LogP contribution in [0, 0.1) is 6.92 Å². The molecule has 1 unspecified atom stereocenters. The van der Waals surface area contributed by atoms with Crippen LogP contribution in [-0.4, -0.2) is 34.7 Å². The van der Waals surface area contributed by atoms with E-state index < -0.39 is 0 Å². The molecule has 28 heavy (non-hydrogen) atoms. The third-order valence-corrected chi connectivity index (χ3v) is 6.18. The molecule has 2 aromatic rings. The number of quaternary nitrogens is 1. The minimum Gasteiger partial charge on any atom is -0.331 e. The van der Waals surface area contributed by atoms with Gasteiger partial charge in [0.25, 0.3) is 5.56 Å². The van der Waals surface area contributed by atoms with Gasteiger partial charge in [0.2, 0.25) is 5.91 Å². The second-order valence-corrected chi connectivity index (χ2v) is 8.50. The third kappa shape index (κ3) is 5.37. The van der Waals surface area contributed by atoms with Crippen molar-refractivity contribution in [3.05, 3.63) is 50.4 Å². The van der Waals surface area contributed by atoms with Gasteiger partial charge in [0, 0.05) is 17.1 Å². The first-order valence-corrected chi connectivity index (χ1v) is 11.0. The number of carbonyl (C=O) groups excluding carboxylic acids is 1. The first-order chi connectivity index (χ1) is 13.5. The number of aromatic amines is 1. The number of thioether (sulfide) groups is 1. The van der Waals surface area contributed by atoms with E-state index in [0.29, 0.717) is 15.9 Å². The molecule has 1 aliphatic heterocycles. The van der Waals surface area contributed by atoms with Crippen molar-refractivity contribution in [3.8, 4) is 0 Å². The van der Waals surface area contributed by atoms with Gasteiger partial charge in [0.15, 0.2) is 5.16 Å². The molecule has 6 nitrogen and oxygen atoms in total. The van der Waals surface area contributed by atoms with Crippen molar-refractivity contribution in [1.29, 1.82) is 0 Å². The molecule has 0 spiro atoms. The van der Waals surface area contributed by atoms with Gasteiger partial charge in [-0.25, -0.2) is 4.98 Å². The van der Waals surface area contributed by atoms with Crippen molar-refractivity contribution in [2.24, 2.45) is 0 Å². The summed E-state index contributed by atoms with van der Waals surface area (Å²) in [4.78, 5) is 33.5. The van der Waals surface area contributed by atoms with Crippen molar-refractivity contribution in [1.82, 2.24) is 9.97 Å². The Hall–Kier alpha value is -1.83. The molecule has 0 radical (unpaired) electrons. The lowest BCUT2D eigenvalue weighted by atomic mass is 10.1. The van der Waals surface area contributed by atoms with Gasteiger partial charge in [-0.2, -0.15) is 0 Å². The van der Waals surface area contributed by atoms with E-state index in [1.54, 1.807) is 6.07 Å². The van der Waals surface area contributed by atoms with Gasteiger partial charge in [-0.1, -0.05) is 42.8 Å². The zero-order valence-electron chi connectivity index (χ0n) is 16.2. The van der Waals surface area contributed by atoms with Crippen LogP contribution in [-0.2, 0) is 17.8 Å². The molecule has 1 aromatic carbocycles. The van der Waals surface area contributed by atoms with Crippen LogP contribution in [0.3, 0.4) is 0 Å². The fourth-order valence-corrected chi connectivity index (χ4v) is 4.11. The van der Waals surface area contributed by atoms with Gasteiger partial charge in [0.05, 0.1) is 30.1 Å². The van der Waals surface area contributed by atoms with Crippen LogP contribution in [0.15, 0.2) is 28.2 Å². The summed E-state index contributed by atoms with van der Waals surface area (Å²) in [5.41, 5.74) is 3.20. The van der Waals surface area contributed by atoms with Crippen molar-refractivity contribution >= 4 is 35.0 Å². The molecule has 150 valence electrons. The molecule has 3 N–H and O–H groups in total. The molecule has 0 fully saturated rings. The highest BCUT2D eigenvalue weighted by molar-refractivity contribution is 7.99. The summed E-state index contributed by atoms with van der Waals surface area (Å²) in [5.74, 6) is 0.00153. The van der Waals surface area contributed by atoms with Gasteiger partial charge < -0.3 is 15.2 Å². The number of aromatic nitrogens is 2. The van der Waals surface area contributed by atoms with E-state index in [-0.39, 0.29) is 17.2 Å². The number of fused-ring (bicyclic) bond motifs is 1. The monoisotopic (exact) mass is 421 g/mol. The molecule has 2 heterocycles. The topological polar surface area (TPSA) is 79.3 Å². The van der Waals surface area contributed by atoms with E-state index in [0.717, 1.165) is 49.3 Å². The second kappa shape index (κ2) is 9.58. The molecule has 3 rings (SSSR count). The van der Waals surface area contributed by atoms with Crippen LogP contribution in [0.5, 0.6) is 0 Å². The number of aryl methyl sites for hydroxylation is 1. The van der Waals surface area contributed by atoms with E-state index >= 15 is 0 Å². The number of anilines is 1. The Kier molecular flexibility index (Phi) is 7.15. The lowest BCUT2D eigenvalue weighted by Crippen LogP contribution is -3.12. The number of carbonyl (C=O) groups is 1. The van der Waals surface area contributed by atoms with Gasteiger partial charge >= 0.3 is 0 Å². The van der Waals surface area contributed by atoms with Crippen LogP contribution in [0.25, 0.3) is 0 Å². The lowest BCUT2D eigenvalue weighted by molar-refractivity contribution is -0.916. The van der Waals surface area contributed by atoms with Gasteiger partial charge in [0.1, 0.15) is 6.54 Å². The summed E-state index contributed by atoms with van der Waals surface area (Å²) in [6.07, 6.45) is 3.14. The highest BCUT2D eigenvalue weighted by Gasteiger charge is 2.23. The van der Waals surface area contributed by atoms with Crippen LogP contribution in [0.1, 0.15) is 36.6 Å². The first-order valence-electron chi connectivity index (χ1n) is 9.60. The fourth-order valence-electron chi connectivity index (χ4n) is 3.25. The predicted octanol–water partition coefficient (Wildman–Crippen LogP) is 2.20. The third-order valence-electron chi connectivity index (χ3n) is 4.90. The van der Waals surface area contributed by atoms with Gasteiger partial charge in [-0.3, -0.25) is 9.59 Å². The number of nitrogens with zero attached hydrogens (tertiary/aromatic N) is 1. The predicted molar refractivity (Wildman–Crippen MR) is 113 cm³/mol. The molecule has 1 aliphatic rings. The van der Waals surface area contributed by atoms with E-state index in [4.69, 9.17) is 11.6 Å². The van der Waals surface area contributed by atoms with E-state index in [1.807, 2.05) is 19.1 Å². The summed E-state index contributed by atoms with van der Waals surface area (Å²) in [6, 6.07) is 5.40. The summed E-state index contributed by atoms with van der Waals surface area (Å²) in [6.45, 7) is 6.92. The average molecular weight is 422 g/mol. The maximum absolute atomic E-state index is 12.5. The number of halogens is 1. The molecule has 0 saturated heterocycles. The van der Waals surface area contributed by atoms with Crippen molar-refractivity contribution in [2.45, 2.75) is 44.8 Å². The Balaban J connectivity index is 1.59. The largest absolute Gasteiger partial charge is 0.331 e. The number of benzene rings is 1. The maximum atomic E-state index is 12.5. The number of nitrogens with one attached hydrogen (secondary N) is 3. The summed E-state index contributed by atoms with van der Waals surface area (Å²) < 4.78 is 0. The number of amides is 1. The van der Waals surface area contributed by atoms with Gasteiger partial charge in [-0.15, -0.1) is 0 Å². The smallest absolute Gasteiger partial charge is 0.260 e. The fraction of sp³-hybridized carbons (Fsp3) is 0.450. The van der Waals surface area contributed by atoms with Gasteiger partial charge in [-0.05, 0) is 31.0 Å². The number of hydrogen-bond donors (Lipinski definition) is 3. The molecule has 0 saturated carbocycles. The Bertz CT molecular complexity index is 916. The molecular formula is C20H26ClN4O2S+. The molecule has 8 heteroatoms. The van der Waals surface area contributed by atoms with Crippen LogP contribution in [0.4, 0.5) is 5.69 Å². The SMILES string of the molecule is CCCC[NH+]1CCc2nc(SCC(=O)Nc3ccc(C)c(Cl)c3)[nH]c(=O)c2C1. The normalized spacial score (nSPS) is 15.9. The van der Waals surface area contributed by atoms with Crippen molar-refractivity contribution in [3.63, 3.8) is 0 Å². The minimum atomic E-state index is -0.166. The van der Waals surface area contributed by atoms with E-state index in [2.05, 4.69) is 22.2 Å². The van der Waals surface area contributed by atoms with Crippen LogP contribution >= 0.6 is 23.4 Å². The Morgan fingerprint density at radius 3 is 3.00 bits per heavy atom. The Morgan fingerprint density at radius 2 is 2.25 bits per heavy atom. The van der Waals surface area contributed by atoms with Crippen molar-refractivity contribution < 1.29 is 9.69 Å². The molecule has 1 aromatic heterocycles. The quantitative estimate of drug-likeness (QED) is 0.473. The number of rotatable bonds is 7. The zero-order valence-corrected chi connectivity index (χ0v) is 17.8. The summed E-state index contributed by atoms with van der Waals surface area (Å²) >= 11 is 7.32. The Labute approximate surface area is 174 Å². The lowest BCUT2D eigenvalue weighted by Gasteiger charge is -2.24. The standard InChI is InChI=1S/C20H25ClN4O2S/c1-3-4-8-25-9-7-17-15(11-25)19(27)24-20(23-17)28-12-18(26)22-14-6-5-13(2)16(21)10-14/h5-6,10H,3-4,7-9,11-12H2,1-2H3,(H,22,26)(H,23,24,27)/p+1. The van der Waals surface area contributed by atoms with Crippen molar-refractivity contribution in [2.75, 3.05) is 24.2 Å². The van der Waals surface area contributed by atoms with E-state index in [1.165, 1.54) is 23.1 Å². The molecular weight excluding hydrogens is 396 g/mol. The highest BCUT2D eigenvalue weighted by Crippen LogP contribution is 2.20. The highest BCUT2D eigenvalue weighted by atomic mass is 35.5. The zero-order chi connectivity index (χ0) is 20.1.